The number of thiophene rings is 1. The first-order valence-corrected chi connectivity index (χ1v) is 7.92. The lowest BCUT2D eigenvalue weighted by atomic mass is 10.0. The number of hydrogen-bond acceptors (Lipinski definition) is 2. The predicted molar refractivity (Wildman–Crippen MR) is 82.8 cm³/mol. The first-order chi connectivity index (χ1) is 9.24. The van der Waals surface area contributed by atoms with Crippen molar-refractivity contribution >= 4 is 11.3 Å². The lowest BCUT2D eigenvalue weighted by Gasteiger charge is -2.10. The van der Waals surface area contributed by atoms with E-state index in [1.54, 1.807) is 10.4 Å². The van der Waals surface area contributed by atoms with Crippen LogP contribution in [-0.2, 0) is 25.9 Å². The molecule has 0 unspecified atom stereocenters. The van der Waals surface area contributed by atoms with Gasteiger partial charge >= 0.3 is 0 Å². The molecule has 0 spiro atoms. The van der Waals surface area contributed by atoms with Crippen molar-refractivity contribution in [1.82, 2.24) is 5.32 Å². The molecule has 1 nitrogen and oxygen atoms in total. The van der Waals surface area contributed by atoms with Gasteiger partial charge in [0.2, 0.25) is 0 Å². The summed E-state index contributed by atoms with van der Waals surface area (Å²) >= 11 is 2.00. The van der Waals surface area contributed by atoms with Crippen LogP contribution in [0.3, 0.4) is 0 Å². The smallest absolute Gasteiger partial charge is 0.0303 e. The van der Waals surface area contributed by atoms with E-state index < -0.39 is 0 Å². The van der Waals surface area contributed by atoms with Gasteiger partial charge < -0.3 is 5.32 Å². The van der Waals surface area contributed by atoms with Gasteiger partial charge in [0.05, 0.1) is 0 Å². The molecule has 1 aromatic heterocycles. The Morgan fingerprint density at radius 1 is 1.11 bits per heavy atom. The molecule has 100 valence electrons. The first-order valence-electron chi connectivity index (χ1n) is 7.10. The highest BCUT2D eigenvalue weighted by atomic mass is 32.1. The molecule has 2 heteroatoms. The molecule has 0 aliphatic heterocycles. The Labute approximate surface area is 119 Å². The van der Waals surface area contributed by atoms with Gasteiger partial charge in [-0.2, -0.15) is 0 Å². The Morgan fingerprint density at radius 3 is 2.63 bits per heavy atom. The Balaban J connectivity index is 1.61. The fraction of sp³-hybridized carbons (Fsp3) is 0.412. The van der Waals surface area contributed by atoms with Crippen molar-refractivity contribution in [3.63, 3.8) is 0 Å². The van der Waals surface area contributed by atoms with Crippen LogP contribution < -0.4 is 5.32 Å². The largest absolute Gasteiger partial charge is 0.308 e. The van der Waals surface area contributed by atoms with Crippen molar-refractivity contribution in [2.45, 2.75) is 46.2 Å². The van der Waals surface area contributed by atoms with Crippen LogP contribution in [0.2, 0.25) is 0 Å². The van der Waals surface area contributed by atoms with Gasteiger partial charge in [0.1, 0.15) is 0 Å². The summed E-state index contributed by atoms with van der Waals surface area (Å²) in [5.41, 5.74) is 5.84. The average Bonchev–Trinajstić information content (AvgIpc) is 2.93. The zero-order chi connectivity index (χ0) is 13.2. The molecular formula is C17H21NS. The minimum Gasteiger partial charge on any atom is -0.308 e. The maximum absolute atomic E-state index is 3.60. The number of nitrogens with one attached hydrogen (secondary N) is 1. The summed E-state index contributed by atoms with van der Waals surface area (Å²) < 4.78 is 0. The second kappa shape index (κ2) is 5.48. The summed E-state index contributed by atoms with van der Waals surface area (Å²) in [6, 6.07) is 8.94. The van der Waals surface area contributed by atoms with Gasteiger partial charge in [-0.05, 0) is 61.4 Å². The van der Waals surface area contributed by atoms with Crippen LogP contribution in [0, 0.1) is 13.8 Å². The standard InChI is InChI=1S/C17H21NS/c1-12-5-3-6-13(2)16(12)11-18-10-15-9-14-7-4-8-17(14)19-15/h3,5-6,9,18H,4,7-8,10-11H2,1-2H3. The third-order valence-corrected chi connectivity index (χ3v) is 5.28. The Bertz CT molecular complexity index is 541. The van der Waals surface area contributed by atoms with E-state index >= 15 is 0 Å². The molecule has 0 amide bonds. The van der Waals surface area contributed by atoms with Gasteiger partial charge in [-0.25, -0.2) is 0 Å². The molecule has 1 aromatic carbocycles. The Kier molecular flexibility index (Phi) is 3.72. The van der Waals surface area contributed by atoms with E-state index in [1.165, 1.54) is 40.8 Å². The molecular weight excluding hydrogens is 250 g/mol. The van der Waals surface area contributed by atoms with Crippen molar-refractivity contribution in [1.29, 1.82) is 0 Å². The molecule has 1 N–H and O–H groups in total. The molecule has 1 aliphatic rings. The molecule has 2 aromatic rings. The maximum Gasteiger partial charge on any atom is 0.0303 e. The van der Waals surface area contributed by atoms with Crippen LogP contribution in [0.5, 0.6) is 0 Å². The molecule has 0 saturated heterocycles. The van der Waals surface area contributed by atoms with Gasteiger partial charge in [0.15, 0.2) is 0 Å². The molecule has 0 fully saturated rings. The van der Waals surface area contributed by atoms with Gasteiger partial charge in [-0.1, -0.05) is 18.2 Å². The van der Waals surface area contributed by atoms with Crippen LogP contribution in [0.1, 0.15) is 38.4 Å². The zero-order valence-corrected chi connectivity index (χ0v) is 12.6. The third-order valence-electron chi connectivity index (χ3n) is 4.04. The number of aryl methyl sites for hydroxylation is 4. The van der Waals surface area contributed by atoms with E-state index in [2.05, 4.69) is 43.4 Å². The second-order valence-electron chi connectivity index (χ2n) is 5.49. The van der Waals surface area contributed by atoms with Crippen LogP contribution in [0.25, 0.3) is 0 Å². The van der Waals surface area contributed by atoms with E-state index in [-0.39, 0.29) is 0 Å². The van der Waals surface area contributed by atoms with Crippen molar-refractivity contribution in [2.24, 2.45) is 0 Å². The fourth-order valence-corrected chi connectivity index (χ4v) is 4.15. The number of fused-ring (bicyclic) bond motifs is 1. The van der Waals surface area contributed by atoms with Gasteiger partial charge in [-0.3, -0.25) is 0 Å². The first kappa shape index (κ1) is 12.9. The van der Waals surface area contributed by atoms with E-state index in [4.69, 9.17) is 0 Å². The predicted octanol–water partition coefficient (Wildman–Crippen LogP) is 4.14. The molecule has 1 aliphatic carbocycles. The molecule has 0 atom stereocenters. The van der Waals surface area contributed by atoms with Crippen LogP contribution in [0.4, 0.5) is 0 Å². The van der Waals surface area contributed by atoms with Crippen molar-refractivity contribution in [2.75, 3.05) is 0 Å². The van der Waals surface area contributed by atoms with Crippen molar-refractivity contribution in [3.8, 4) is 0 Å². The molecule has 19 heavy (non-hydrogen) atoms. The number of rotatable bonds is 4. The normalized spacial score (nSPS) is 13.8. The third kappa shape index (κ3) is 2.75. The summed E-state index contributed by atoms with van der Waals surface area (Å²) in [5, 5.41) is 3.60. The van der Waals surface area contributed by atoms with Crippen LogP contribution >= 0.6 is 11.3 Å². The molecule has 1 heterocycles. The van der Waals surface area contributed by atoms with Gasteiger partial charge in [0, 0.05) is 22.8 Å². The van der Waals surface area contributed by atoms with Gasteiger partial charge in [0.25, 0.3) is 0 Å². The second-order valence-corrected chi connectivity index (χ2v) is 6.71. The molecule has 0 saturated carbocycles. The van der Waals surface area contributed by atoms with E-state index in [9.17, 15) is 0 Å². The number of benzene rings is 1. The summed E-state index contributed by atoms with van der Waals surface area (Å²) in [5.74, 6) is 0. The lowest BCUT2D eigenvalue weighted by Crippen LogP contribution is -2.13. The minimum absolute atomic E-state index is 0.973. The average molecular weight is 271 g/mol. The van der Waals surface area contributed by atoms with Crippen molar-refractivity contribution < 1.29 is 0 Å². The highest BCUT2D eigenvalue weighted by Crippen LogP contribution is 2.30. The van der Waals surface area contributed by atoms with Crippen LogP contribution in [-0.4, -0.2) is 0 Å². The molecule has 0 bridgehead atoms. The lowest BCUT2D eigenvalue weighted by molar-refractivity contribution is 0.694. The fourth-order valence-electron chi connectivity index (χ4n) is 2.92. The van der Waals surface area contributed by atoms with E-state index in [1.807, 2.05) is 11.3 Å². The molecule has 3 rings (SSSR count). The SMILES string of the molecule is Cc1cccc(C)c1CNCc1cc2c(s1)CCC2. The zero-order valence-electron chi connectivity index (χ0n) is 11.8. The number of hydrogen-bond donors (Lipinski definition) is 1. The van der Waals surface area contributed by atoms with Crippen LogP contribution in [0.15, 0.2) is 24.3 Å². The quantitative estimate of drug-likeness (QED) is 0.881. The monoisotopic (exact) mass is 271 g/mol. The topological polar surface area (TPSA) is 12.0 Å². The van der Waals surface area contributed by atoms with Gasteiger partial charge in [-0.15, -0.1) is 11.3 Å². The maximum atomic E-state index is 3.60. The highest BCUT2D eigenvalue weighted by Gasteiger charge is 2.14. The highest BCUT2D eigenvalue weighted by molar-refractivity contribution is 7.12. The van der Waals surface area contributed by atoms with Crippen molar-refractivity contribution in [3.05, 3.63) is 56.3 Å². The summed E-state index contributed by atoms with van der Waals surface area (Å²) in [4.78, 5) is 3.12. The summed E-state index contributed by atoms with van der Waals surface area (Å²) in [6.07, 6.45) is 3.96. The molecule has 0 radical (unpaired) electrons. The Hall–Kier alpha value is -1.12. The minimum atomic E-state index is 0.973. The summed E-state index contributed by atoms with van der Waals surface area (Å²) in [6.45, 7) is 6.37. The van der Waals surface area contributed by atoms with E-state index in [0.717, 1.165) is 13.1 Å². The van der Waals surface area contributed by atoms with E-state index in [0.29, 0.717) is 0 Å². The summed E-state index contributed by atoms with van der Waals surface area (Å²) in [7, 11) is 0. The Morgan fingerprint density at radius 2 is 1.89 bits per heavy atom.